The number of amides is 2. The average molecular weight is 364 g/mol. The molecule has 0 saturated heterocycles. The first-order valence-electron chi connectivity index (χ1n) is 7.97. The number of hydrogen-bond acceptors (Lipinski definition) is 6. The van der Waals surface area contributed by atoms with Crippen molar-refractivity contribution in [3.63, 3.8) is 0 Å². The molecule has 25 heavy (non-hydrogen) atoms. The average Bonchev–Trinajstić information content (AvgIpc) is 3.37. The number of urea groups is 1. The topological polar surface area (TPSA) is 123 Å². The molecule has 0 bridgehead atoms. The van der Waals surface area contributed by atoms with Gasteiger partial charge in [0.2, 0.25) is 5.90 Å². The monoisotopic (exact) mass is 364 g/mol. The summed E-state index contributed by atoms with van der Waals surface area (Å²) in [6.45, 7) is 0.806. The van der Waals surface area contributed by atoms with Crippen molar-refractivity contribution >= 4 is 22.0 Å². The second-order valence-electron chi connectivity index (χ2n) is 5.93. The smallest absolute Gasteiger partial charge is 0.329 e. The van der Waals surface area contributed by atoms with E-state index in [9.17, 15) is 13.2 Å². The van der Waals surface area contributed by atoms with Crippen LogP contribution in [0.15, 0.2) is 46.4 Å². The maximum atomic E-state index is 12.4. The molecule has 2 aliphatic rings. The summed E-state index contributed by atoms with van der Waals surface area (Å²) < 4.78 is 32.1. The molecule has 0 radical (unpaired) electrons. The molecule has 1 aromatic rings. The van der Waals surface area contributed by atoms with Gasteiger partial charge in [0.25, 0.3) is 10.0 Å². The Labute approximate surface area is 146 Å². The molecule has 8 nitrogen and oxygen atoms in total. The van der Waals surface area contributed by atoms with E-state index in [4.69, 9.17) is 10.5 Å². The molecular weight excluding hydrogens is 344 g/mol. The number of nitrogens with two attached hydrogens (primary N) is 1. The highest BCUT2D eigenvalue weighted by molar-refractivity contribution is 7.94. The van der Waals surface area contributed by atoms with Gasteiger partial charge in [-0.1, -0.05) is 30.3 Å². The first-order chi connectivity index (χ1) is 12.0. The highest BCUT2D eigenvalue weighted by Crippen LogP contribution is 2.45. The van der Waals surface area contributed by atoms with Crippen molar-refractivity contribution in [3.05, 3.63) is 47.0 Å². The molecule has 2 amide bonds. The Bertz CT molecular complexity index is 814. The molecule has 9 heteroatoms. The van der Waals surface area contributed by atoms with Crippen LogP contribution in [-0.2, 0) is 20.3 Å². The molecule has 1 saturated carbocycles. The summed E-state index contributed by atoms with van der Waals surface area (Å²) in [6.07, 6.45) is 3.08. The Morgan fingerprint density at radius 2 is 2.00 bits per heavy atom. The zero-order valence-electron chi connectivity index (χ0n) is 13.6. The largest absolute Gasteiger partial charge is 0.477 e. The zero-order valence-corrected chi connectivity index (χ0v) is 14.4. The molecule has 3 rings (SSSR count). The lowest BCUT2D eigenvalue weighted by molar-refractivity contribution is 0.241. The van der Waals surface area contributed by atoms with Gasteiger partial charge in [-0.05, 0) is 18.4 Å². The van der Waals surface area contributed by atoms with Crippen LogP contribution < -0.4 is 15.8 Å². The van der Waals surface area contributed by atoms with Gasteiger partial charge in [-0.25, -0.2) is 17.9 Å². The normalized spacial score (nSPS) is 19.4. The van der Waals surface area contributed by atoms with Crippen molar-refractivity contribution in [1.82, 2.24) is 10.0 Å². The molecule has 0 aromatic heterocycles. The van der Waals surface area contributed by atoms with Crippen LogP contribution in [0.1, 0.15) is 24.8 Å². The van der Waals surface area contributed by atoms with E-state index in [-0.39, 0.29) is 10.8 Å². The van der Waals surface area contributed by atoms with E-state index in [2.05, 4.69) is 10.3 Å². The molecule has 1 aromatic carbocycles. The summed E-state index contributed by atoms with van der Waals surface area (Å²) in [5.41, 5.74) is 5.84. The van der Waals surface area contributed by atoms with Gasteiger partial charge in [-0.15, -0.1) is 0 Å². The third-order valence-corrected chi connectivity index (χ3v) is 5.45. The predicted octanol–water partition coefficient (Wildman–Crippen LogP) is 0.924. The maximum absolute atomic E-state index is 12.4. The van der Waals surface area contributed by atoms with Gasteiger partial charge in [-0.2, -0.15) is 0 Å². The van der Waals surface area contributed by atoms with Crippen LogP contribution in [0.4, 0.5) is 4.79 Å². The summed E-state index contributed by atoms with van der Waals surface area (Å²) >= 11 is 0. The lowest BCUT2D eigenvalue weighted by atomic mass is 10.1. The molecule has 1 aliphatic carbocycles. The van der Waals surface area contributed by atoms with Crippen LogP contribution in [0.2, 0.25) is 0 Å². The molecule has 0 spiro atoms. The number of ether oxygens (including phenoxy) is 1. The van der Waals surface area contributed by atoms with E-state index < -0.39 is 21.6 Å². The Kier molecular flexibility index (Phi) is 4.67. The van der Waals surface area contributed by atoms with Gasteiger partial charge < -0.3 is 15.8 Å². The Morgan fingerprint density at radius 1 is 1.28 bits per heavy atom. The Balaban J connectivity index is 1.71. The standard InChI is InChI=1S/C16H20N4O4S/c17-11-13(14-18-9-4-10-24-14)25(22,23)20-15(21)19-16(7-8-16)12-5-2-1-3-6-12/h1-3,5-6,11H,4,7-10,17H2,(H2,19,20,21)/b13-11+. The fourth-order valence-electron chi connectivity index (χ4n) is 2.67. The van der Waals surface area contributed by atoms with Gasteiger partial charge in [0, 0.05) is 19.2 Å². The van der Waals surface area contributed by atoms with E-state index in [1.165, 1.54) is 0 Å². The summed E-state index contributed by atoms with van der Waals surface area (Å²) in [6, 6.07) is 8.62. The predicted molar refractivity (Wildman–Crippen MR) is 93.1 cm³/mol. The van der Waals surface area contributed by atoms with Crippen LogP contribution in [0.3, 0.4) is 0 Å². The van der Waals surface area contributed by atoms with E-state index >= 15 is 0 Å². The molecule has 1 heterocycles. The van der Waals surface area contributed by atoms with E-state index in [0.717, 1.165) is 24.6 Å². The van der Waals surface area contributed by atoms with Crippen molar-refractivity contribution in [2.75, 3.05) is 13.2 Å². The van der Waals surface area contributed by atoms with Gasteiger partial charge in [0.05, 0.1) is 12.1 Å². The van der Waals surface area contributed by atoms with Gasteiger partial charge >= 0.3 is 6.03 Å². The minimum Gasteiger partial charge on any atom is -0.477 e. The number of carbonyl (C=O) groups excluding carboxylic acids is 1. The Morgan fingerprint density at radius 3 is 2.56 bits per heavy atom. The number of benzene rings is 1. The van der Waals surface area contributed by atoms with Crippen LogP contribution in [-0.4, -0.2) is 33.5 Å². The quantitative estimate of drug-likeness (QED) is 0.717. The third-order valence-electron chi connectivity index (χ3n) is 4.10. The van der Waals surface area contributed by atoms with Crippen LogP contribution in [0, 0.1) is 0 Å². The van der Waals surface area contributed by atoms with Crippen molar-refractivity contribution in [2.45, 2.75) is 24.8 Å². The number of aliphatic imine (C=N–C) groups is 1. The fraction of sp³-hybridized carbons (Fsp3) is 0.375. The minimum absolute atomic E-state index is 0.0711. The summed E-state index contributed by atoms with van der Waals surface area (Å²) in [5, 5.41) is 2.74. The number of carbonyl (C=O) groups is 1. The molecular formula is C16H20N4O4S. The molecule has 4 N–H and O–H groups in total. The Hall–Kier alpha value is -2.55. The number of nitrogens with zero attached hydrogens (tertiary/aromatic N) is 1. The summed E-state index contributed by atoms with van der Waals surface area (Å²) in [7, 11) is -4.18. The van der Waals surface area contributed by atoms with Crippen LogP contribution >= 0.6 is 0 Å². The first-order valence-corrected chi connectivity index (χ1v) is 9.45. The van der Waals surface area contributed by atoms with E-state index in [1.807, 2.05) is 35.1 Å². The summed E-state index contributed by atoms with van der Waals surface area (Å²) in [5.74, 6) is -0.0711. The van der Waals surface area contributed by atoms with Gasteiger partial charge in [0.1, 0.15) is 0 Å². The van der Waals surface area contributed by atoms with Crippen LogP contribution in [0.5, 0.6) is 0 Å². The summed E-state index contributed by atoms with van der Waals surface area (Å²) in [4.78, 5) is 15.9. The third kappa shape index (κ3) is 3.76. The van der Waals surface area contributed by atoms with Gasteiger partial charge in [0.15, 0.2) is 4.91 Å². The fourth-order valence-corrected chi connectivity index (χ4v) is 3.61. The molecule has 0 unspecified atom stereocenters. The number of hydrogen-bond donors (Lipinski definition) is 3. The lowest BCUT2D eigenvalue weighted by Gasteiger charge is -2.20. The molecule has 1 fully saturated rings. The van der Waals surface area contributed by atoms with Gasteiger partial charge in [-0.3, -0.25) is 4.99 Å². The molecule has 1 aliphatic heterocycles. The number of sulfonamides is 1. The van der Waals surface area contributed by atoms with Crippen molar-refractivity contribution < 1.29 is 17.9 Å². The van der Waals surface area contributed by atoms with Crippen molar-refractivity contribution in [1.29, 1.82) is 0 Å². The zero-order chi connectivity index (χ0) is 17.9. The maximum Gasteiger partial charge on any atom is 0.329 e. The number of rotatable bonds is 5. The minimum atomic E-state index is -4.18. The lowest BCUT2D eigenvalue weighted by Crippen LogP contribution is -2.45. The van der Waals surface area contributed by atoms with Crippen molar-refractivity contribution in [2.24, 2.45) is 10.7 Å². The molecule has 0 atom stereocenters. The van der Waals surface area contributed by atoms with Crippen LogP contribution in [0.25, 0.3) is 0 Å². The first kappa shape index (κ1) is 17.3. The second kappa shape index (κ2) is 6.75. The SMILES string of the molecule is N/C=C(\C1=NCCCO1)S(=O)(=O)NC(=O)NC1(c2ccccc2)CC1. The van der Waals surface area contributed by atoms with E-state index in [1.54, 1.807) is 0 Å². The van der Waals surface area contributed by atoms with Crippen molar-refractivity contribution in [3.8, 4) is 0 Å². The second-order valence-corrected chi connectivity index (χ2v) is 7.58. The number of nitrogens with one attached hydrogen (secondary N) is 2. The molecule has 134 valence electrons. The van der Waals surface area contributed by atoms with E-state index in [0.29, 0.717) is 19.6 Å². The highest BCUT2D eigenvalue weighted by atomic mass is 32.2. The highest BCUT2D eigenvalue weighted by Gasteiger charge is 2.46.